The Kier molecular flexibility index (Phi) is 6.66. The summed E-state index contributed by atoms with van der Waals surface area (Å²) in [6, 6.07) is 7.28. The van der Waals surface area contributed by atoms with E-state index in [0.29, 0.717) is 6.42 Å². The van der Waals surface area contributed by atoms with Crippen molar-refractivity contribution < 1.29 is 23.1 Å². The second-order valence-electron chi connectivity index (χ2n) is 6.46. The Hall–Kier alpha value is -1.56. The molecule has 2 N–H and O–H groups in total. The molecule has 0 aromatic heterocycles. The molecule has 0 heterocycles. The van der Waals surface area contributed by atoms with Crippen LogP contribution < -0.4 is 5.32 Å². The van der Waals surface area contributed by atoms with Gasteiger partial charge in [0.15, 0.2) is 0 Å². The summed E-state index contributed by atoms with van der Waals surface area (Å²) in [6.45, 7) is -0.0493. The van der Waals surface area contributed by atoms with E-state index in [0.717, 1.165) is 25.7 Å². The first-order valence-corrected chi connectivity index (χ1v) is 8.43. The van der Waals surface area contributed by atoms with Crippen LogP contribution in [0.4, 0.5) is 13.2 Å². The summed E-state index contributed by atoms with van der Waals surface area (Å²) in [4.78, 5) is 12.2. The lowest BCUT2D eigenvalue weighted by molar-refractivity contribution is -0.157. The molecule has 1 amide bonds. The molecule has 1 aromatic rings. The van der Waals surface area contributed by atoms with Gasteiger partial charge in [-0.3, -0.25) is 4.79 Å². The number of aliphatic hydroxyl groups is 1. The lowest BCUT2D eigenvalue weighted by atomic mass is 9.92. The topological polar surface area (TPSA) is 49.3 Å². The third-order valence-electron chi connectivity index (χ3n) is 4.73. The van der Waals surface area contributed by atoms with Crippen LogP contribution in [-0.2, 0) is 4.79 Å². The molecular formula is C18H24F3NO2. The van der Waals surface area contributed by atoms with Crippen LogP contribution in [0.25, 0.3) is 0 Å². The summed E-state index contributed by atoms with van der Waals surface area (Å²) in [5.74, 6) is -2.49. The lowest BCUT2D eigenvalue weighted by Gasteiger charge is -2.26. The van der Waals surface area contributed by atoms with Gasteiger partial charge in [0.1, 0.15) is 0 Å². The summed E-state index contributed by atoms with van der Waals surface area (Å²) >= 11 is 0. The van der Waals surface area contributed by atoms with Crippen LogP contribution in [0.3, 0.4) is 0 Å². The van der Waals surface area contributed by atoms with Gasteiger partial charge in [-0.05, 0) is 18.4 Å². The number of carbonyl (C=O) groups excluding carboxylic acids is 1. The number of rotatable bonds is 5. The number of benzene rings is 1. The van der Waals surface area contributed by atoms with Crippen molar-refractivity contribution in [2.75, 3.05) is 6.61 Å². The SMILES string of the molecule is O=C(CC(c1ccccc1)C(F)(F)F)NC1CCCCCC1CO. The first kappa shape index (κ1) is 18.8. The molecule has 1 fully saturated rings. The second-order valence-corrected chi connectivity index (χ2v) is 6.46. The Morgan fingerprint density at radius 2 is 1.83 bits per heavy atom. The van der Waals surface area contributed by atoms with Crippen molar-refractivity contribution in [3.8, 4) is 0 Å². The van der Waals surface area contributed by atoms with Crippen molar-refractivity contribution >= 4 is 5.91 Å². The molecule has 24 heavy (non-hydrogen) atoms. The van der Waals surface area contributed by atoms with E-state index in [1.165, 1.54) is 12.1 Å². The summed E-state index contributed by atoms with van der Waals surface area (Å²) in [5.41, 5.74) is 0.0970. The maximum Gasteiger partial charge on any atom is 0.396 e. The van der Waals surface area contributed by atoms with Crippen molar-refractivity contribution in [2.45, 2.75) is 56.7 Å². The number of hydrogen-bond acceptors (Lipinski definition) is 2. The molecule has 0 radical (unpaired) electrons. The highest BCUT2D eigenvalue weighted by atomic mass is 19.4. The second kappa shape index (κ2) is 8.51. The van der Waals surface area contributed by atoms with Gasteiger partial charge >= 0.3 is 6.18 Å². The minimum atomic E-state index is -4.47. The number of nitrogens with one attached hydrogen (secondary N) is 1. The minimum Gasteiger partial charge on any atom is -0.396 e. The summed E-state index contributed by atoms with van der Waals surface area (Å²) in [7, 11) is 0. The number of carbonyl (C=O) groups is 1. The van der Waals surface area contributed by atoms with E-state index in [4.69, 9.17) is 0 Å². The summed E-state index contributed by atoms with van der Waals surface area (Å²) in [5, 5.41) is 12.2. The van der Waals surface area contributed by atoms with Crippen molar-refractivity contribution in [1.82, 2.24) is 5.32 Å². The summed E-state index contributed by atoms with van der Waals surface area (Å²) in [6.07, 6.45) is -0.670. The molecule has 6 heteroatoms. The predicted octanol–water partition coefficient (Wildman–Crippen LogP) is 3.78. The van der Waals surface area contributed by atoms with E-state index < -0.39 is 24.4 Å². The highest BCUT2D eigenvalue weighted by Gasteiger charge is 2.42. The Labute approximate surface area is 140 Å². The fourth-order valence-electron chi connectivity index (χ4n) is 3.35. The molecule has 1 aliphatic carbocycles. The van der Waals surface area contributed by atoms with Gasteiger partial charge in [-0.25, -0.2) is 0 Å². The summed E-state index contributed by atoms with van der Waals surface area (Å²) < 4.78 is 40.0. The van der Waals surface area contributed by atoms with Gasteiger partial charge in [-0.1, -0.05) is 49.6 Å². The highest BCUT2D eigenvalue weighted by Crippen LogP contribution is 2.37. The van der Waals surface area contributed by atoms with E-state index in [-0.39, 0.29) is 24.1 Å². The molecule has 0 bridgehead atoms. The van der Waals surface area contributed by atoms with Crippen LogP contribution in [0.1, 0.15) is 50.0 Å². The largest absolute Gasteiger partial charge is 0.396 e. The molecular weight excluding hydrogens is 319 g/mol. The monoisotopic (exact) mass is 343 g/mol. The van der Waals surface area contributed by atoms with Crippen molar-refractivity contribution in [3.05, 3.63) is 35.9 Å². The number of alkyl halides is 3. The quantitative estimate of drug-likeness (QED) is 0.800. The predicted molar refractivity (Wildman–Crippen MR) is 85.4 cm³/mol. The Balaban J connectivity index is 2.05. The average molecular weight is 343 g/mol. The fourth-order valence-corrected chi connectivity index (χ4v) is 3.35. The van der Waals surface area contributed by atoms with Gasteiger partial charge in [0.25, 0.3) is 0 Å². The van der Waals surface area contributed by atoms with Crippen LogP contribution in [-0.4, -0.2) is 29.8 Å². The van der Waals surface area contributed by atoms with Crippen molar-refractivity contribution in [2.24, 2.45) is 5.92 Å². The van der Waals surface area contributed by atoms with Crippen LogP contribution in [0.15, 0.2) is 30.3 Å². The maximum absolute atomic E-state index is 13.3. The number of aliphatic hydroxyl groups excluding tert-OH is 1. The first-order valence-electron chi connectivity index (χ1n) is 8.43. The van der Waals surface area contributed by atoms with E-state index in [2.05, 4.69) is 5.32 Å². The zero-order valence-corrected chi connectivity index (χ0v) is 13.6. The Bertz CT molecular complexity index is 519. The Morgan fingerprint density at radius 1 is 1.17 bits per heavy atom. The molecule has 3 unspecified atom stereocenters. The van der Waals surface area contributed by atoms with Crippen LogP contribution >= 0.6 is 0 Å². The van der Waals surface area contributed by atoms with Gasteiger partial charge in [0.2, 0.25) is 5.91 Å². The molecule has 134 valence electrons. The van der Waals surface area contributed by atoms with Crippen molar-refractivity contribution in [3.63, 3.8) is 0 Å². The van der Waals surface area contributed by atoms with Crippen LogP contribution in [0, 0.1) is 5.92 Å². The lowest BCUT2D eigenvalue weighted by Crippen LogP contribution is -2.42. The fraction of sp³-hybridized carbons (Fsp3) is 0.611. The zero-order valence-electron chi connectivity index (χ0n) is 13.6. The number of hydrogen-bond donors (Lipinski definition) is 2. The van der Waals surface area contributed by atoms with Crippen LogP contribution in [0.5, 0.6) is 0 Å². The molecule has 0 spiro atoms. The molecule has 3 nitrogen and oxygen atoms in total. The van der Waals surface area contributed by atoms with Gasteiger partial charge in [-0.2, -0.15) is 13.2 Å². The average Bonchev–Trinajstić information content (AvgIpc) is 2.77. The number of halogens is 3. The smallest absolute Gasteiger partial charge is 0.396 e. The highest BCUT2D eigenvalue weighted by molar-refractivity contribution is 5.77. The number of amides is 1. The minimum absolute atomic E-state index is 0.0493. The van der Waals surface area contributed by atoms with Gasteiger partial charge in [-0.15, -0.1) is 0 Å². The standard InChI is InChI=1S/C18H24F3NO2/c19-18(20,21)15(13-7-3-1-4-8-13)11-17(24)22-16-10-6-2-5-9-14(16)12-23/h1,3-4,7-8,14-16,23H,2,5-6,9-12H2,(H,22,24). The molecule has 1 aliphatic rings. The Morgan fingerprint density at radius 3 is 2.46 bits per heavy atom. The molecule has 1 saturated carbocycles. The third kappa shape index (κ3) is 5.23. The van der Waals surface area contributed by atoms with E-state index >= 15 is 0 Å². The normalized spacial score (nSPS) is 23.3. The van der Waals surface area contributed by atoms with Crippen LogP contribution in [0.2, 0.25) is 0 Å². The molecule has 1 aromatic carbocycles. The molecule has 0 aliphatic heterocycles. The van der Waals surface area contributed by atoms with E-state index in [9.17, 15) is 23.1 Å². The first-order chi connectivity index (χ1) is 11.4. The van der Waals surface area contributed by atoms with Gasteiger partial charge < -0.3 is 10.4 Å². The maximum atomic E-state index is 13.3. The molecule has 3 atom stereocenters. The van der Waals surface area contributed by atoms with E-state index in [1.54, 1.807) is 18.2 Å². The van der Waals surface area contributed by atoms with Crippen molar-refractivity contribution in [1.29, 1.82) is 0 Å². The molecule has 0 saturated heterocycles. The third-order valence-corrected chi connectivity index (χ3v) is 4.73. The van der Waals surface area contributed by atoms with Gasteiger partial charge in [0.05, 0.1) is 5.92 Å². The van der Waals surface area contributed by atoms with Gasteiger partial charge in [0, 0.05) is 25.0 Å². The molecule has 2 rings (SSSR count). The zero-order chi connectivity index (χ0) is 17.6. The van der Waals surface area contributed by atoms with E-state index in [1.807, 2.05) is 0 Å².